The van der Waals surface area contributed by atoms with Gasteiger partial charge in [-0.05, 0) is 61.3 Å². The maximum absolute atomic E-state index is 13.4. The lowest BCUT2D eigenvalue weighted by Gasteiger charge is -2.37. The molecule has 0 unspecified atom stereocenters. The van der Waals surface area contributed by atoms with E-state index >= 15 is 0 Å². The van der Waals surface area contributed by atoms with Crippen molar-refractivity contribution in [2.45, 2.75) is 19.8 Å². The summed E-state index contributed by atoms with van der Waals surface area (Å²) in [7, 11) is 0. The number of carbonyl (C=O) groups excluding carboxylic acids is 4. The summed E-state index contributed by atoms with van der Waals surface area (Å²) in [6, 6.07) is 14.2. The second kappa shape index (κ2) is 7.63. The third kappa shape index (κ3) is 3.11. The number of carbonyl (C=O) groups is 4. The number of ether oxygens (including phenoxy) is 1. The van der Waals surface area contributed by atoms with Crippen molar-refractivity contribution in [1.29, 1.82) is 0 Å². The van der Waals surface area contributed by atoms with E-state index in [4.69, 9.17) is 4.74 Å². The number of amides is 3. The zero-order chi connectivity index (χ0) is 24.7. The summed E-state index contributed by atoms with van der Waals surface area (Å²) in [6.45, 7) is 2.23. The van der Waals surface area contributed by atoms with Crippen LogP contribution in [-0.4, -0.2) is 30.2 Å². The van der Waals surface area contributed by atoms with Crippen LogP contribution < -0.4 is 14.5 Å². The molecule has 3 amide bonds. The van der Waals surface area contributed by atoms with Crippen LogP contribution >= 0.6 is 0 Å². The van der Waals surface area contributed by atoms with Crippen LogP contribution in [0, 0.1) is 48.3 Å². The second-order valence-corrected chi connectivity index (χ2v) is 10.8. The Bertz CT molecular complexity index is 1310. The fourth-order valence-corrected chi connectivity index (χ4v) is 6.94. The largest absolute Gasteiger partial charge is 0.426 e. The van der Waals surface area contributed by atoms with Gasteiger partial charge in [0.05, 0.1) is 23.4 Å². The van der Waals surface area contributed by atoms with Crippen molar-refractivity contribution in [1.82, 2.24) is 0 Å². The van der Waals surface area contributed by atoms with Gasteiger partial charge in [0.25, 0.3) is 0 Å². The van der Waals surface area contributed by atoms with Gasteiger partial charge >= 0.3 is 5.97 Å². The second-order valence-electron chi connectivity index (χ2n) is 10.8. The van der Waals surface area contributed by atoms with E-state index in [2.05, 4.69) is 12.2 Å². The molecule has 7 heteroatoms. The van der Waals surface area contributed by atoms with Gasteiger partial charge in [0, 0.05) is 24.7 Å². The van der Waals surface area contributed by atoms with Crippen LogP contribution in [0.15, 0.2) is 60.7 Å². The van der Waals surface area contributed by atoms with E-state index < -0.39 is 11.9 Å². The Balaban J connectivity index is 1.07. The summed E-state index contributed by atoms with van der Waals surface area (Å²) in [5.74, 6) is -0.393. The summed E-state index contributed by atoms with van der Waals surface area (Å²) in [5.41, 5.74) is 2.29. The fraction of sp³-hybridized carbons (Fsp3) is 0.379. The minimum atomic E-state index is -0.589. The molecule has 0 N–H and O–H groups in total. The number of hydrogen-bond acceptors (Lipinski definition) is 5. The fourth-order valence-electron chi connectivity index (χ4n) is 6.94. The number of hydrogen-bond donors (Lipinski definition) is 0. The number of benzene rings is 2. The summed E-state index contributed by atoms with van der Waals surface area (Å²) >= 11 is 0. The van der Waals surface area contributed by atoms with Gasteiger partial charge in [-0.1, -0.05) is 35.9 Å². The molecule has 2 aromatic rings. The molecule has 6 aliphatic rings. The average Bonchev–Trinajstić information content (AvgIpc) is 3.55. The molecule has 2 bridgehead atoms. The molecule has 2 aliphatic heterocycles. The third-order valence-electron chi connectivity index (χ3n) is 8.76. The van der Waals surface area contributed by atoms with Crippen LogP contribution in [0.2, 0.25) is 0 Å². The smallest absolute Gasteiger partial charge is 0.316 e. The highest BCUT2D eigenvalue weighted by molar-refractivity contribution is 6.22. The first kappa shape index (κ1) is 21.5. The summed E-state index contributed by atoms with van der Waals surface area (Å²) < 4.78 is 5.64. The number of rotatable bonds is 4. The molecule has 0 radical (unpaired) electrons. The van der Waals surface area contributed by atoms with Crippen LogP contribution in [0.1, 0.15) is 18.4 Å². The molecule has 2 aromatic carbocycles. The molecule has 0 aromatic heterocycles. The molecular formula is C29H26N2O5. The molecule has 4 fully saturated rings. The van der Waals surface area contributed by atoms with Gasteiger partial charge in [-0.3, -0.25) is 19.2 Å². The topological polar surface area (TPSA) is 84.0 Å². The average molecular weight is 483 g/mol. The van der Waals surface area contributed by atoms with Gasteiger partial charge in [0.15, 0.2) is 0 Å². The van der Waals surface area contributed by atoms with Crippen molar-refractivity contribution >= 4 is 35.1 Å². The Labute approximate surface area is 208 Å². The Morgan fingerprint density at radius 1 is 0.889 bits per heavy atom. The van der Waals surface area contributed by atoms with E-state index in [1.165, 1.54) is 4.90 Å². The molecule has 4 aliphatic carbocycles. The highest BCUT2D eigenvalue weighted by Crippen LogP contribution is 2.65. The first-order chi connectivity index (χ1) is 17.4. The number of anilines is 2. The Morgan fingerprint density at radius 3 is 2.22 bits per heavy atom. The highest BCUT2D eigenvalue weighted by Gasteiger charge is 2.67. The van der Waals surface area contributed by atoms with Crippen LogP contribution in [0.4, 0.5) is 11.4 Å². The van der Waals surface area contributed by atoms with Crippen molar-refractivity contribution in [3.05, 3.63) is 66.2 Å². The summed E-state index contributed by atoms with van der Waals surface area (Å²) in [5, 5.41) is 0. The van der Waals surface area contributed by atoms with Crippen molar-refractivity contribution in [3.8, 4) is 5.75 Å². The quantitative estimate of drug-likeness (QED) is 0.288. The number of aryl methyl sites for hydroxylation is 1. The molecule has 7 nitrogen and oxygen atoms in total. The van der Waals surface area contributed by atoms with Gasteiger partial charge in [-0.2, -0.15) is 0 Å². The molecule has 8 rings (SSSR count). The lowest BCUT2D eigenvalue weighted by Crippen LogP contribution is -2.40. The molecule has 2 saturated heterocycles. The highest BCUT2D eigenvalue weighted by atomic mass is 16.5. The molecule has 36 heavy (non-hydrogen) atoms. The number of esters is 1. The van der Waals surface area contributed by atoms with Crippen molar-refractivity contribution in [2.75, 3.05) is 16.3 Å². The third-order valence-corrected chi connectivity index (χ3v) is 8.76. The molecule has 2 saturated carbocycles. The van der Waals surface area contributed by atoms with E-state index in [-0.39, 0.29) is 60.1 Å². The van der Waals surface area contributed by atoms with Gasteiger partial charge in [0.2, 0.25) is 17.7 Å². The van der Waals surface area contributed by atoms with Crippen LogP contribution in [0.5, 0.6) is 5.75 Å². The van der Waals surface area contributed by atoms with Crippen molar-refractivity contribution < 1.29 is 23.9 Å². The summed E-state index contributed by atoms with van der Waals surface area (Å²) in [6.07, 6.45) is 5.49. The summed E-state index contributed by atoms with van der Waals surface area (Å²) in [4.78, 5) is 55.2. The van der Waals surface area contributed by atoms with E-state index in [0.29, 0.717) is 17.5 Å². The normalized spacial score (nSPS) is 33.7. The number of nitrogens with zero attached hydrogens (tertiary/aromatic N) is 2. The number of allylic oxidation sites excluding steroid dienone is 2. The van der Waals surface area contributed by atoms with E-state index in [9.17, 15) is 19.2 Å². The number of imide groups is 1. The molecule has 0 spiro atoms. The zero-order valence-electron chi connectivity index (χ0n) is 19.9. The molecular weight excluding hydrogens is 456 g/mol. The van der Waals surface area contributed by atoms with Gasteiger partial charge < -0.3 is 9.64 Å². The Morgan fingerprint density at radius 2 is 1.56 bits per heavy atom. The first-order valence-corrected chi connectivity index (χ1v) is 12.7. The van der Waals surface area contributed by atoms with E-state index in [1.807, 2.05) is 31.2 Å². The van der Waals surface area contributed by atoms with Crippen LogP contribution in [-0.2, 0) is 19.2 Å². The van der Waals surface area contributed by atoms with Gasteiger partial charge in [-0.15, -0.1) is 0 Å². The standard InChI is InChI=1S/C29H26N2O5/c1-15-5-7-17(8-6-15)30-14-16(11-24(30)32)29(35)36-19-4-2-3-18(12-19)31-27(33)25-20-9-10-21(23-13-22(20)23)26(25)28(31)34/h2-10,12,16,20-23,25-26H,11,13-14H2,1H3/t16-,20+,21+,22-,23+,25-,26-/m1/s1. The Kier molecular flexibility index (Phi) is 4.56. The maximum Gasteiger partial charge on any atom is 0.316 e. The lowest BCUT2D eigenvalue weighted by molar-refractivity contribution is -0.139. The van der Waals surface area contributed by atoms with Crippen molar-refractivity contribution in [2.24, 2.45) is 41.4 Å². The SMILES string of the molecule is Cc1ccc(N2C[C@H](C(=O)Oc3cccc(N4C(=O)[C@@H]5[C@H]6C=C[C@@H]([C@@H]7C[C@H]67)[C@H]5C4=O)c3)CC2=O)cc1. The van der Waals surface area contributed by atoms with E-state index in [1.54, 1.807) is 29.2 Å². The molecule has 2 heterocycles. The van der Waals surface area contributed by atoms with E-state index in [0.717, 1.165) is 17.7 Å². The van der Waals surface area contributed by atoms with Gasteiger partial charge in [-0.25, -0.2) is 4.90 Å². The van der Waals surface area contributed by atoms with Crippen LogP contribution in [0.25, 0.3) is 0 Å². The molecule has 182 valence electrons. The Hall–Kier alpha value is -3.74. The van der Waals surface area contributed by atoms with Gasteiger partial charge in [0.1, 0.15) is 5.75 Å². The lowest BCUT2D eigenvalue weighted by atomic mass is 9.63. The van der Waals surface area contributed by atoms with Crippen molar-refractivity contribution in [3.63, 3.8) is 0 Å². The van der Waals surface area contributed by atoms with Crippen LogP contribution in [0.3, 0.4) is 0 Å². The monoisotopic (exact) mass is 482 g/mol. The molecule has 7 atom stereocenters. The predicted octanol–water partition coefficient (Wildman–Crippen LogP) is 3.51. The minimum Gasteiger partial charge on any atom is -0.426 e. The maximum atomic E-state index is 13.4. The minimum absolute atomic E-state index is 0.0803. The predicted molar refractivity (Wildman–Crippen MR) is 131 cm³/mol. The first-order valence-electron chi connectivity index (χ1n) is 12.7. The zero-order valence-corrected chi connectivity index (χ0v) is 19.9.